The van der Waals surface area contributed by atoms with Crippen LogP contribution in [0.1, 0.15) is 24.1 Å². The van der Waals surface area contributed by atoms with Gasteiger partial charge in [0.25, 0.3) is 0 Å². The van der Waals surface area contributed by atoms with Gasteiger partial charge in [-0.25, -0.2) is 0 Å². The third-order valence-corrected chi connectivity index (χ3v) is 4.31. The predicted molar refractivity (Wildman–Crippen MR) is 77.9 cm³/mol. The molecule has 0 radical (unpaired) electrons. The zero-order chi connectivity index (χ0) is 14.5. The summed E-state index contributed by atoms with van der Waals surface area (Å²) < 4.78 is 5.65. The summed E-state index contributed by atoms with van der Waals surface area (Å²) in [5.41, 5.74) is 0. The summed E-state index contributed by atoms with van der Waals surface area (Å²) in [6, 6.07) is 3.87. The molecule has 108 valence electrons. The van der Waals surface area contributed by atoms with Crippen molar-refractivity contribution in [1.29, 1.82) is 0 Å². The van der Waals surface area contributed by atoms with Crippen molar-refractivity contribution in [2.75, 3.05) is 0 Å². The van der Waals surface area contributed by atoms with E-state index in [2.05, 4.69) is 5.32 Å². The summed E-state index contributed by atoms with van der Waals surface area (Å²) in [6.45, 7) is 1.73. The number of rotatable bonds is 5. The van der Waals surface area contributed by atoms with Crippen LogP contribution in [0, 0.1) is 0 Å². The van der Waals surface area contributed by atoms with E-state index in [9.17, 15) is 9.59 Å². The maximum atomic E-state index is 11.9. The van der Waals surface area contributed by atoms with Gasteiger partial charge in [-0.1, -0.05) is 12.9 Å². The van der Waals surface area contributed by atoms with Gasteiger partial charge in [-0.05, 0) is 24.3 Å². The summed E-state index contributed by atoms with van der Waals surface area (Å²) in [6.07, 6.45) is 1.60. The van der Waals surface area contributed by atoms with Crippen molar-refractivity contribution in [3.05, 3.63) is 22.4 Å². The van der Waals surface area contributed by atoms with Gasteiger partial charge >= 0.3 is 12.9 Å². The lowest BCUT2D eigenvalue weighted by molar-refractivity contribution is -0.139. The first-order chi connectivity index (χ1) is 9.54. The van der Waals surface area contributed by atoms with Crippen LogP contribution in [-0.4, -0.2) is 35.9 Å². The molecule has 0 spiro atoms. The van der Waals surface area contributed by atoms with Crippen LogP contribution in [0.5, 0.6) is 0 Å². The molecule has 1 aliphatic heterocycles. The third-order valence-electron chi connectivity index (χ3n) is 3.44. The van der Waals surface area contributed by atoms with Gasteiger partial charge in [-0.3, -0.25) is 9.59 Å². The fourth-order valence-corrected chi connectivity index (χ4v) is 3.13. The number of amides is 1. The molecule has 0 saturated carbocycles. The van der Waals surface area contributed by atoms with Crippen molar-refractivity contribution in [3.63, 3.8) is 0 Å². The molecule has 7 heteroatoms. The van der Waals surface area contributed by atoms with Crippen LogP contribution < -0.4 is 5.32 Å². The van der Waals surface area contributed by atoms with Crippen molar-refractivity contribution in [2.45, 2.75) is 44.6 Å². The van der Waals surface area contributed by atoms with Gasteiger partial charge < -0.3 is 15.1 Å². The molecule has 2 N–H and O–H groups in total. The van der Waals surface area contributed by atoms with E-state index in [0.717, 1.165) is 11.3 Å². The predicted octanol–water partition coefficient (Wildman–Crippen LogP) is 1.59. The molecule has 0 bridgehead atoms. The van der Waals surface area contributed by atoms with Crippen molar-refractivity contribution in [1.82, 2.24) is 5.32 Å². The second-order valence-corrected chi connectivity index (χ2v) is 6.10. The molecule has 1 fully saturated rings. The molecule has 0 aromatic carbocycles. The standard InChI is InChI=1S/C13H18BNO4S/c1-14-11(5-4-9(19-14)7-13(17)18)15-12(16)8-10-3-2-6-20-10/h2-3,6,9,11H,4-5,7-8H2,1H3,(H,15,16)(H,17,18). The molecule has 20 heavy (non-hydrogen) atoms. The smallest absolute Gasteiger partial charge is 0.312 e. The minimum atomic E-state index is -0.845. The van der Waals surface area contributed by atoms with Crippen molar-refractivity contribution < 1.29 is 19.3 Å². The Kier molecular flexibility index (Phi) is 5.20. The van der Waals surface area contributed by atoms with E-state index in [1.807, 2.05) is 24.3 Å². The first-order valence-corrected chi connectivity index (χ1v) is 7.61. The van der Waals surface area contributed by atoms with Crippen molar-refractivity contribution >= 4 is 30.1 Å². The van der Waals surface area contributed by atoms with E-state index in [-0.39, 0.29) is 31.3 Å². The maximum Gasteiger partial charge on any atom is 0.312 e. The monoisotopic (exact) mass is 295 g/mol. The average Bonchev–Trinajstić information content (AvgIpc) is 2.84. The minimum absolute atomic E-state index is 0.00964. The number of carboxylic acids is 1. The number of nitrogens with one attached hydrogen (secondary N) is 1. The molecule has 1 amide bonds. The molecular weight excluding hydrogens is 277 g/mol. The Morgan fingerprint density at radius 1 is 1.55 bits per heavy atom. The first kappa shape index (κ1) is 15.1. The lowest BCUT2D eigenvalue weighted by Gasteiger charge is -2.32. The first-order valence-electron chi connectivity index (χ1n) is 6.73. The summed E-state index contributed by atoms with van der Waals surface area (Å²) in [5.74, 6) is -0.889. The van der Waals surface area contributed by atoms with Crippen LogP contribution in [0.4, 0.5) is 0 Å². The van der Waals surface area contributed by atoms with Gasteiger partial charge in [0, 0.05) is 10.8 Å². The summed E-state index contributed by atoms with van der Waals surface area (Å²) in [4.78, 5) is 23.6. The fraction of sp³-hybridized carbons (Fsp3) is 0.538. The van der Waals surface area contributed by atoms with Crippen LogP contribution in [0.15, 0.2) is 17.5 Å². The largest absolute Gasteiger partial charge is 0.481 e. The van der Waals surface area contributed by atoms with E-state index >= 15 is 0 Å². The van der Waals surface area contributed by atoms with Crippen LogP contribution >= 0.6 is 11.3 Å². The van der Waals surface area contributed by atoms with Gasteiger partial charge in [-0.15, -0.1) is 11.3 Å². The van der Waals surface area contributed by atoms with Gasteiger partial charge in [0.1, 0.15) is 0 Å². The molecule has 5 nitrogen and oxygen atoms in total. The van der Waals surface area contributed by atoms with Crippen LogP contribution in [-0.2, 0) is 20.7 Å². The van der Waals surface area contributed by atoms with Crippen molar-refractivity contribution in [2.24, 2.45) is 0 Å². The van der Waals surface area contributed by atoms with E-state index in [1.165, 1.54) is 0 Å². The number of carbonyl (C=O) groups excluding carboxylic acids is 1. The number of carboxylic acid groups (broad SMARTS) is 1. The highest BCUT2D eigenvalue weighted by molar-refractivity contribution is 7.10. The van der Waals surface area contributed by atoms with Gasteiger partial charge in [0.05, 0.1) is 18.9 Å². The molecule has 0 aliphatic carbocycles. The van der Waals surface area contributed by atoms with Crippen LogP contribution in [0.2, 0.25) is 6.82 Å². The summed E-state index contributed by atoms with van der Waals surface area (Å²) in [7, 11) is 0. The third kappa shape index (κ3) is 4.35. The van der Waals surface area contributed by atoms with Crippen molar-refractivity contribution in [3.8, 4) is 0 Å². The average molecular weight is 295 g/mol. The van der Waals surface area contributed by atoms with Crippen LogP contribution in [0.3, 0.4) is 0 Å². The number of hydrogen-bond donors (Lipinski definition) is 2. The second-order valence-electron chi connectivity index (χ2n) is 5.07. The normalized spacial score (nSPS) is 22.6. The molecule has 2 rings (SSSR count). The molecule has 2 unspecified atom stereocenters. The topological polar surface area (TPSA) is 75.6 Å². The molecular formula is C13H18BNO4S. The van der Waals surface area contributed by atoms with E-state index in [1.54, 1.807) is 11.3 Å². The molecule has 2 heterocycles. The highest BCUT2D eigenvalue weighted by Gasteiger charge is 2.33. The molecule has 1 aliphatic rings. The highest BCUT2D eigenvalue weighted by atomic mass is 32.1. The molecule has 1 aromatic rings. The molecule has 1 saturated heterocycles. The quantitative estimate of drug-likeness (QED) is 0.809. The Balaban J connectivity index is 1.79. The van der Waals surface area contributed by atoms with Gasteiger partial charge in [0.2, 0.25) is 5.91 Å². The Labute approximate surface area is 122 Å². The maximum absolute atomic E-state index is 11.9. The Bertz CT molecular complexity index is 465. The van der Waals surface area contributed by atoms with Gasteiger partial charge in [0.15, 0.2) is 0 Å². The lowest BCUT2D eigenvalue weighted by Crippen LogP contribution is -2.51. The van der Waals surface area contributed by atoms with Gasteiger partial charge in [-0.2, -0.15) is 0 Å². The zero-order valence-electron chi connectivity index (χ0n) is 11.4. The molecule has 1 aromatic heterocycles. The Hall–Kier alpha value is -1.34. The SMILES string of the molecule is CB1OC(CC(=O)O)CCC1NC(=O)Cc1cccs1. The fourth-order valence-electron chi connectivity index (χ4n) is 2.43. The zero-order valence-corrected chi connectivity index (χ0v) is 12.2. The highest BCUT2D eigenvalue weighted by Crippen LogP contribution is 2.20. The minimum Gasteiger partial charge on any atom is -0.481 e. The summed E-state index contributed by atoms with van der Waals surface area (Å²) >= 11 is 1.56. The van der Waals surface area contributed by atoms with Crippen LogP contribution in [0.25, 0.3) is 0 Å². The molecule has 2 atom stereocenters. The number of carbonyl (C=O) groups is 2. The number of thiophene rings is 1. The van der Waals surface area contributed by atoms with E-state index in [0.29, 0.717) is 12.8 Å². The Morgan fingerprint density at radius 2 is 2.35 bits per heavy atom. The lowest BCUT2D eigenvalue weighted by atomic mass is 9.58. The summed E-state index contributed by atoms with van der Waals surface area (Å²) in [5, 5.41) is 13.7. The van der Waals surface area contributed by atoms with E-state index < -0.39 is 5.97 Å². The number of hydrogen-bond acceptors (Lipinski definition) is 4. The number of aliphatic carboxylic acids is 1. The Morgan fingerprint density at radius 3 is 2.95 bits per heavy atom. The van der Waals surface area contributed by atoms with E-state index in [4.69, 9.17) is 9.76 Å². The second kappa shape index (κ2) is 6.90.